The van der Waals surface area contributed by atoms with E-state index in [1.54, 1.807) is 7.11 Å². The van der Waals surface area contributed by atoms with Crippen LogP contribution in [0.2, 0.25) is 0 Å². The minimum absolute atomic E-state index is 0.0570. The third-order valence-electron chi connectivity index (χ3n) is 5.89. The number of aryl methyl sites for hydroxylation is 1. The molecular weight excluding hydrogens is 404 g/mol. The van der Waals surface area contributed by atoms with Gasteiger partial charge in [0, 0.05) is 30.2 Å². The fraction of sp³-hybridized carbons (Fsp3) is 0.292. The number of hydrogen-bond donors (Lipinski definition) is 2. The number of hydrogen-bond acceptors (Lipinski definition) is 6. The number of methoxy groups -OCH3 is 1. The van der Waals surface area contributed by atoms with Gasteiger partial charge in [-0.05, 0) is 50.1 Å². The minimum atomic E-state index is 0.0570. The molecule has 0 fully saturated rings. The number of aromatic nitrogens is 3. The quantitative estimate of drug-likeness (QED) is 0.481. The number of fused-ring (bicyclic) bond motifs is 3. The van der Waals surface area contributed by atoms with E-state index in [9.17, 15) is 4.79 Å². The first-order valence-electron chi connectivity index (χ1n) is 10.6. The average molecular weight is 433 g/mol. The van der Waals surface area contributed by atoms with Crippen LogP contribution in [0.3, 0.4) is 0 Å². The molecule has 0 aliphatic carbocycles. The summed E-state index contributed by atoms with van der Waals surface area (Å²) in [6, 6.07) is 9.96. The minimum Gasteiger partial charge on any atom is -0.496 e. The predicted octanol–water partition coefficient (Wildman–Crippen LogP) is 3.60. The second-order valence-electron chi connectivity index (χ2n) is 7.74. The maximum Gasteiger partial charge on any atom is 0.242 e. The van der Waals surface area contributed by atoms with Crippen molar-refractivity contribution in [2.75, 3.05) is 31.7 Å². The van der Waals surface area contributed by atoms with E-state index in [0.29, 0.717) is 24.4 Å². The molecule has 0 aliphatic heterocycles. The maximum absolute atomic E-state index is 12.9. The van der Waals surface area contributed by atoms with Crippen molar-refractivity contribution < 1.29 is 9.53 Å². The van der Waals surface area contributed by atoms with Crippen molar-refractivity contribution in [3.8, 4) is 16.9 Å². The van der Waals surface area contributed by atoms with Gasteiger partial charge in [-0.25, -0.2) is 4.98 Å². The molecule has 0 spiro atoms. The molecule has 8 heteroatoms. The maximum atomic E-state index is 12.9. The Morgan fingerprint density at radius 2 is 1.88 bits per heavy atom. The third-order valence-corrected chi connectivity index (χ3v) is 5.89. The summed E-state index contributed by atoms with van der Waals surface area (Å²) in [6.07, 6.45) is 1.91. The zero-order valence-corrected chi connectivity index (χ0v) is 18.8. The Bertz CT molecular complexity index is 1320. The summed E-state index contributed by atoms with van der Waals surface area (Å²) in [7, 11) is 1.65. The second kappa shape index (κ2) is 8.37. The van der Waals surface area contributed by atoms with Gasteiger partial charge in [0.1, 0.15) is 18.1 Å². The third kappa shape index (κ3) is 3.57. The molecule has 0 bridgehead atoms. The molecule has 2 aromatic carbocycles. The standard InChI is InChI=1S/C24H28N6O2/c1-5-29(6-2)20(31)13-30-10-9-16-21-18(27-24(26)28-23(21)25)12-17(22(16)30)15-8-7-14(3)19(11-15)32-4/h7-12H,5-6,13H2,1-4H3,(H4,25,26,27,28). The van der Waals surface area contributed by atoms with Crippen LogP contribution in [0.4, 0.5) is 11.8 Å². The van der Waals surface area contributed by atoms with Crippen molar-refractivity contribution in [1.82, 2.24) is 19.4 Å². The number of benzene rings is 2. The normalized spacial score (nSPS) is 11.2. The highest BCUT2D eigenvalue weighted by Gasteiger charge is 2.19. The molecule has 0 unspecified atom stereocenters. The number of anilines is 2. The van der Waals surface area contributed by atoms with Crippen molar-refractivity contribution in [2.45, 2.75) is 27.3 Å². The lowest BCUT2D eigenvalue weighted by atomic mass is 9.98. The van der Waals surface area contributed by atoms with Crippen LogP contribution in [-0.4, -0.2) is 45.5 Å². The fourth-order valence-electron chi connectivity index (χ4n) is 4.24. The fourth-order valence-corrected chi connectivity index (χ4v) is 4.24. The summed E-state index contributed by atoms with van der Waals surface area (Å²) in [6.45, 7) is 7.52. The van der Waals surface area contributed by atoms with E-state index >= 15 is 0 Å². The molecule has 32 heavy (non-hydrogen) atoms. The number of likely N-dealkylation sites (N-methyl/N-ethyl adjacent to an activating group) is 1. The molecule has 0 aliphatic rings. The molecule has 166 valence electrons. The SMILES string of the molecule is CCN(CC)C(=O)Cn1ccc2c3c(N)nc(N)nc3cc(-c3ccc(C)c(OC)c3)c21. The molecule has 1 amide bonds. The van der Waals surface area contributed by atoms with Crippen molar-refractivity contribution >= 4 is 39.5 Å². The van der Waals surface area contributed by atoms with E-state index in [-0.39, 0.29) is 18.4 Å². The van der Waals surface area contributed by atoms with E-state index in [1.807, 2.05) is 66.8 Å². The van der Waals surface area contributed by atoms with Crippen LogP contribution in [-0.2, 0) is 11.3 Å². The number of carbonyl (C=O) groups excluding carboxylic acids is 1. The molecule has 0 radical (unpaired) electrons. The Morgan fingerprint density at radius 1 is 1.12 bits per heavy atom. The summed E-state index contributed by atoms with van der Waals surface area (Å²) in [5, 5.41) is 1.60. The highest BCUT2D eigenvalue weighted by atomic mass is 16.5. The van der Waals surface area contributed by atoms with Crippen LogP contribution in [0.25, 0.3) is 32.9 Å². The van der Waals surface area contributed by atoms with Gasteiger partial charge in [-0.2, -0.15) is 4.98 Å². The first-order valence-corrected chi connectivity index (χ1v) is 10.6. The molecule has 0 saturated heterocycles. The van der Waals surface area contributed by atoms with Crippen LogP contribution in [0.5, 0.6) is 5.75 Å². The first kappa shape index (κ1) is 21.4. The Morgan fingerprint density at radius 3 is 2.56 bits per heavy atom. The lowest BCUT2D eigenvalue weighted by molar-refractivity contribution is -0.131. The number of rotatable bonds is 6. The molecular formula is C24H28N6O2. The van der Waals surface area contributed by atoms with Gasteiger partial charge in [0.2, 0.25) is 11.9 Å². The molecule has 4 N–H and O–H groups in total. The van der Waals surface area contributed by atoms with Crippen molar-refractivity contribution in [3.05, 3.63) is 42.1 Å². The largest absolute Gasteiger partial charge is 0.496 e. The summed E-state index contributed by atoms with van der Waals surface area (Å²) in [4.78, 5) is 23.3. The summed E-state index contributed by atoms with van der Waals surface area (Å²) in [5.41, 5.74) is 16.6. The van der Waals surface area contributed by atoms with Gasteiger partial charge in [0.05, 0.1) is 23.5 Å². The second-order valence-corrected chi connectivity index (χ2v) is 7.74. The molecule has 0 saturated carbocycles. The van der Waals surface area contributed by atoms with Crippen LogP contribution >= 0.6 is 0 Å². The van der Waals surface area contributed by atoms with E-state index < -0.39 is 0 Å². The van der Waals surface area contributed by atoms with Crippen LogP contribution in [0.15, 0.2) is 36.5 Å². The zero-order valence-electron chi connectivity index (χ0n) is 18.8. The van der Waals surface area contributed by atoms with Gasteiger partial charge in [-0.15, -0.1) is 0 Å². The molecule has 2 aromatic heterocycles. The van der Waals surface area contributed by atoms with E-state index in [1.165, 1.54) is 0 Å². The lowest BCUT2D eigenvalue weighted by Crippen LogP contribution is -2.33. The Labute approximate surface area is 186 Å². The van der Waals surface area contributed by atoms with Crippen LogP contribution < -0.4 is 16.2 Å². The molecule has 4 rings (SSSR count). The monoisotopic (exact) mass is 432 g/mol. The van der Waals surface area contributed by atoms with E-state index in [2.05, 4.69) is 9.97 Å². The zero-order chi connectivity index (χ0) is 23.0. The van der Waals surface area contributed by atoms with Crippen molar-refractivity contribution in [1.29, 1.82) is 0 Å². The Balaban J connectivity index is 2.01. The molecule has 4 aromatic rings. The Hall–Kier alpha value is -3.81. The van der Waals surface area contributed by atoms with E-state index in [4.69, 9.17) is 16.2 Å². The van der Waals surface area contributed by atoms with E-state index in [0.717, 1.165) is 38.7 Å². The van der Waals surface area contributed by atoms with Crippen molar-refractivity contribution in [2.24, 2.45) is 0 Å². The van der Waals surface area contributed by atoms with Crippen LogP contribution in [0.1, 0.15) is 19.4 Å². The summed E-state index contributed by atoms with van der Waals surface area (Å²) >= 11 is 0. The highest BCUT2D eigenvalue weighted by Crippen LogP contribution is 2.38. The van der Waals surface area contributed by atoms with Gasteiger partial charge in [0.25, 0.3) is 0 Å². The number of ether oxygens (including phenoxy) is 1. The summed E-state index contributed by atoms with van der Waals surface area (Å²) in [5.74, 6) is 1.28. The molecule has 0 atom stereocenters. The number of nitrogens with zero attached hydrogens (tertiary/aromatic N) is 4. The lowest BCUT2D eigenvalue weighted by Gasteiger charge is -2.20. The van der Waals surface area contributed by atoms with Gasteiger partial charge < -0.3 is 25.7 Å². The van der Waals surface area contributed by atoms with Gasteiger partial charge >= 0.3 is 0 Å². The number of nitrogen functional groups attached to an aromatic ring is 2. The van der Waals surface area contributed by atoms with Gasteiger partial charge in [0.15, 0.2) is 0 Å². The highest BCUT2D eigenvalue weighted by molar-refractivity contribution is 6.15. The molecule has 2 heterocycles. The number of amides is 1. The Kier molecular flexibility index (Phi) is 5.61. The van der Waals surface area contributed by atoms with Gasteiger partial charge in [-0.3, -0.25) is 4.79 Å². The van der Waals surface area contributed by atoms with Crippen molar-refractivity contribution in [3.63, 3.8) is 0 Å². The number of carbonyl (C=O) groups is 1. The predicted molar refractivity (Wildman–Crippen MR) is 129 cm³/mol. The topological polar surface area (TPSA) is 112 Å². The first-order chi connectivity index (χ1) is 15.4. The smallest absolute Gasteiger partial charge is 0.242 e. The molecule has 8 nitrogen and oxygen atoms in total. The summed E-state index contributed by atoms with van der Waals surface area (Å²) < 4.78 is 7.51. The average Bonchev–Trinajstić information content (AvgIpc) is 3.17. The van der Waals surface area contributed by atoms with Crippen LogP contribution in [0, 0.1) is 6.92 Å². The van der Waals surface area contributed by atoms with Gasteiger partial charge in [-0.1, -0.05) is 12.1 Å². The number of nitrogens with two attached hydrogens (primary N) is 2.